The minimum Gasteiger partial charge on any atom is -0.488 e. The van der Waals surface area contributed by atoms with Crippen LogP contribution in [0.3, 0.4) is 0 Å². The minimum atomic E-state index is -1.09. The van der Waals surface area contributed by atoms with Crippen LogP contribution in [0.5, 0.6) is 5.75 Å². The summed E-state index contributed by atoms with van der Waals surface area (Å²) in [5.74, 6) is -1.93. The van der Waals surface area contributed by atoms with Crippen LogP contribution in [-0.4, -0.2) is 30.9 Å². The summed E-state index contributed by atoms with van der Waals surface area (Å²) < 4.78 is 38.1. The third kappa shape index (κ3) is 5.26. The number of aromatic carboxylic acids is 1. The molecule has 0 aliphatic carbocycles. The summed E-state index contributed by atoms with van der Waals surface area (Å²) in [6, 6.07) is 8.29. The largest absolute Gasteiger partial charge is 0.488 e. The number of carbonyl (C=O) groups is 1. The fourth-order valence-corrected chi connectivity index (χ4v) is 2.54. The molecule has 6 heteroatoms. The molecule has 1 atom stereocenters. The molecule has 0 aromatic heterocycles. The molecular weight excluding hydrogens is 330 g/mol. The number of rotatable bonds is 8. The molecule has 0 spiro atoms. The van der Waals surface area contributed by atoms with Crippen molar-refractivity contribution >= 4 is 5.97 Å². The van der Waals surface area contributed by atoms with E-state index in [1.54, 1.807) is 20.1 Å². The second-order valence-electron chi connectivity index (χ2n) is 5.75. The first-order valence-corrected chi connectivity index (χ1v) is 7.86. The summed E-state index contributed by atoms with van der Waals surface area (Å²) in [5.41, 5.74) is 0.673. The standard InChI is InChI=1S/C19H20F2O4/c1-12(11-24-2)25-15-9-13(8-14(10-15)19(22)23)6-7-16-17(20)4-3-5-18(16)21/h3-5,8-10,12H,6-7,11H2,1-2H3,(H,22,23)/t12-/m0/s1. The summed E-state index contributed by atoms with van der Waals surface area (Å²) in [6.07, 6.45) is 0.147. The molecule has 0 amide bonds. The number of ether oxygens (including phenoxy) is 2. The van der Waals surface area contributed by atoms with Crippen LogP contribution in [0, 0.1) is 11.6 Å². The molecule has 4 nitrogen and oxygen atoms in total. The number of carboxylic acids is 1. The van der Waals surface area contributed by atoms with Crippen LogP contribution in [0.4, 0.5) is 8.78 Å². The average Bonchev–Trinajstić information content (AvgIpc) is 2.54. The third-order valence-electron chi connectivity index (χ3n) is 3.68. The topological polar surface area (TPSA) is 55.8 Å². The highest BCUT2D eigenvalue weighted by molar-refractivity contribution is 5.88. The first-order valence-electron chi connectivity index (χ1n) is 7.86. The van der Waals surface area contributed by atoms with Gasteiger partial charge in [0.1, 0.15) is 23.5 Å². The van der Waals surface area contributed by atoms with E-state index in [0.29, 0.717) is 17.9 Å². The lowest BCUT2D eigenvalue weighted by atomic mass is 10.0. The first kappa shape index (κ1) is 18.9. The zero-order chi connectivity index (χ0) is 18.4. The van der Waals surface area contributed by atoms with Crippen LogP contribution < -0.4 is 4.74 Å². The Hall–Kier alpha value is -2.47. The molecule has 0 aliphatic rings. The fourth-order valence-electron chi connectivity index (χ4n) is 2.54. The van der Waals surface area contributed by atoms with Crippen LogP contribution >= 0.6 is 0 Å². The van der Waals surface area contributed by atoms with Crippen molar-refractivity contribution in [1.82, 2.24) is 0 Å². The summed E-state index contributed by atoms with van der Waals surface area (Å²) >= 11 is 0. The molecule has 2 aromatic carbocycles. The van der Waals surface area contributed by atoms with Crippen molar-refractivity contribution in [3.63, 3.8) is 0 Å². The maximum Gasteiger partial charge on any atom is 0.335 e. The Morgan fingerprint density at radius 2 is 1.84 bits per heavy atom. The second kappa shape index (κ2) is 8.58. The maximum atomic E-state index is 13.7. The number of carboxylic acid groups (broad SMARTS) is 1. The molecule has 0 saturated heterocycles. The van der Waals surface area contributed by atoms with Crippen molar-refractivity contribution in [3.05, 3.63) is 64.7 Å². The summed E-state index contributed by atoms with van der Waals surface area (Å²) in [6.45, 7) is 2.15. The SMILES string of the molecule is COC[C@H](C)Oc1cc(CCc2c(F)cccc2F)cc(C(=O)O)c1. The lowest BCUT2D eigenvalue weighted by molar-refractivity contribution is 0.0694. The number of methoxy groups -OCH3 is 1. The quantitative estimate of drug-likeness (QED) is 0.785. The Morgan fingerprint density at radius 1 is 1.16 bits per heavy atom. The van der Waals surface area contributed by atoms with E-state index in [9.17, 15) is 18.7 Å². The van der Waals surface area contributed by atoms with Crippen molar-refractivity contribution in [2.24, 2.45) is 0 Å². The molecule has 134 valence electrons. The number of aryl methyl sites for hydroxylation is 1. The van der Waals surface area contributed by atoms with Crippen LogP contribution in [-0.2, 0) is 17.6 Å². The number of halogens is 2. The maximum absolute atomic E-state index is 13.7. The average molecular weight is 350 g/mol. The highest BCUT2D eigenvalue weighted by atomic mass is 19.1. The number of hydrogen-bond acceptors (Lipinski definition) is 3. The lowest BCUT2D eigenvalue weighted by Gasteiger charge is -2.15. The van der Waals surface area contributed by atoms with Gasteiger partial charge in [-0.15, -0.1) is 0 Å². The zero-order valence-electron chi connectivity index (χ0n) is 14.1. The van der Waals surface area contributed by atoms with Crippen molar-refractivity contribution < 1.29 is 28.2 Å². The van der Waals surface area contributed by atoms with E-state index in [2.05, 4.69) is 0 Å². The second-order valence-corrected chi connectivity index (χ2v) is 5.75. The first-order chi connectivity index (χ1) is 11.9. The van der Waals surface area contributed by atoms with Crippen LogP contribution in [0.2, 0.25) is 0 Å². The molecule has 0 saturated carbocycles. The van der Waals surface area contributed by atoms with Crippen molar-refractivity contribution in [1.29, 1.82) is 0 Å². The van der Waals surface area contributed by atoms with Gasteiger partial charge in [-0.1, -0.05) is 6.07 Å². The third-order valence-corrected chi connectivity index (χ3v) is 3.68. The number of hydrogen-bond donors (Lipinski definition) is 1. The molecule has 0 unspecified atom stereocenters. The lowest BCUT2D eigenvalue weighted by Crippen LogP contribution is -2.18. The van der Waals surface area contributed by atoms with Gasteiger partial charge in [0.25, 0.3) is 0 Å². The van der Waals surface area contributed by atoms with Crippen molar-refractivity contribution in [2.75, 3.05) is 13.7 Å². The summed E-state index contributed by atoms with van der Waals surface area (Å²) in [4.78, 5) is 11.3. The minimum absolute atomic E-state index is 0.0153. The molecule has 0 radical (unpaired) electrons. The molecule has 0 heterocycles. The Bertz CT molecular complexity index is 726. The summed E-state index contributed by atoms with van der Waals surface area (Å²) in [7, 11) is 1.54. The Balaban J connectivity index is 2.21. The van der Waals surface area contributed by atoms with Gasteiger partial charge >= 0.3 is 5.97 Å². The van der Waals surface area contributed by atoms with E-state index >= 15 is 0 Å². The van der Waals surface area contributed by atoms with E-state index in [0.717, 1.165) is 0 Å². The number of benzene rings is 2. The van der Waals surface area contributed by atoms with Crippen LogP contribution in [0.25, 0.3) is 0 Å². The van der Waals surface area contributed by atoms with Gasteiger partial charge in [-0.3, -0.25) is 0 Å². The van der Waals surface area contributed by atoms with Crippen LogP contribution in [0.1, 0.15) is 28.4 Å². The molecule has 0 fully saturated rings. The van der Waals surface area contributed by atoms with E-state index in [4.69, 9.17) is 9.47 Å². The van der Waals surface area contributed by atoms with E-state index < -0.39 is 17.6 Å². The van der Waals surface area contributed by atoms with E-state index in [-0.39, 0.29) is 30.1 Å². The van der Waals surface area contributed by atoms with Gasteiger partial charge in [-0.2, -0.15) is 0 Å². The van der Waals surface area contributed by atoms with Gasteiger partial charge in [0.05, 0.1) is 12.2 Å². The van der Waals surface area contributed by atoms with E-state index in [1.807, 2.05) is 0 Å². The molecule has 0 aliphatic heterocycles. The van der Waals surface area contributed by atoms with Gasteiger partial charge in [0.15, 0.2) is 0 Å². The molecule has 2 aromatic rings. The predicted molar refractivity (Wildman–Crippen MR) is 89.1 cm³/mol. The molecule has 2 rings (SSSR count). The smallest absolute Gasteiger partial charge is 0.335 e. The normalized spacial score (nSPS) is 12.0. The van der Waals surface area contributed by atoms with E-state index in [1.165, 1.54) is 30.3 Å². The van der Waals surface area contributed by atoms with Gasteiger partial charge < -0.3 is 14.6 Å². The van der Waals surface area contributed by atoms with Gasteiger partial charge in [0.2, 0.25) is 0 Å². The predicted octanol–water partition coefficient (Wildman–Crippen LogP) is 3.86. The van der Waals surface area contributed by atoms with Gasteiger partial charge in [-0.25, -0.2) is 13.6 Å². The molecule has 1 N–H and O–H groups in total. The van der Waals surface area contributed by atoms with Crippen molar-refractivity contribution in [2.45, 2.75) is 25.9 Å². The molecule has 25 heavy (non-hydrogen) atoms. The Labute approximate surface area is 145 Å². The Kier molecular flexibility index (Phi) is 6.47. The highest BCUT2D eigenvalue weighted by Crippen LogP contribution is 2.22. The highest BCUT2D eigenvalue weighted by Gasteiger charge is 2.13. The fraction of sp³-hybridized carbons (Fsp3) is 0.316. The van der Waals surface area contributed by atoms with Crippen LogP contribution in [0.15, 0.2) is 36.4 Å². The monoisotopic (exact) mass is 350 g/mol. The summed E-state index contributed by atoms with van der Waals surface area (Å²) in [5, 5.41) is 9.24. The molecule has 0 bridgehead atoms. The Morgan fingerprint density at radius 3 is 2.44 bits per heavy atom. The van der Waals surface area contributed by atoms with Gasteiger partial charge in [-0.05, 0) is 55.7 Å². The van der Waals surface area contributed by atoms with Gasteiger partial charge in [0, 0.05) is 12.7 Å². The van der Waals surface area contributed by atoms with Crippen molar-refractivity contribution in [3.8, 4) is 5.75 Å². The zero-order valence-corrected chi connectivity index (χ0v) is 14.1. The molecular formula is C19H20F2O4.